The van der Waals surface area contributed by atoms with Crippen molar-refractivity contribution >= 4 is 5.97 Å². The molecular formula is C5H7FO2. The lowest BCUT2D eigenvalue weighted by Crippen LogP contribution is -2.03. The van der Waals surface area contributed by atoms with Gasteiger partial charge < -0.3 is 4.74 Å². The summed E-state index contributed by atoms with van der Waals surface area (Å²) in [7, 11) is 1.27. The third kappa shape index (κ3) is 0.804. The van der Waals surface area contributed by atoms with Crippen LogP contribution in [0.3, 0.4) is 0 Å². The molecule has 0 amide bonds. The highest BCUT2D eigenvalue weighted by atomic mass is 19.1. The van der Waals surface area contributed by atoms with Crippen molar-refractivity contribution in [1.29, 1.82) is 0 Å². The first-order chi connectivity index (χ1) is 3.75. The highest BCUT2D eigenvalue weighted by Gasteiger charge is 2.44. The van der Waals surface area contributed by atoms with Crippen LogP contribution in [0.4, 0.5) is 4.39 Å². The minimum atomic E-state index is -0.928. The molecule has 1 aliphatic carbocycles. The largest absolute Gasteiger partial charge is 0.469 e. The van der Waals surface area contributed by atoms with Crippen molar-refractivity contribution in [2.45, 2.75) is 12.6 Å². The summed E-state index contributed by atoms with van der Waals surface area (Å²) in [6, 6.07) is 0. The van der Waals surface area contributed by atoms with E-state index in [1.54, 1.807) is 0 Å². The summed E-state index contributed by atoms with van der Waals surface area (Å²) >= 11 is 0. The van der Waals surface area contributed by atoms with E-state index < -0.39 is 18.1 Å². The van der Waals surface area contributed by atoms with Crippen LogP contribution in [-0.4, -0.2) is 19.3 Å². The number of hydrogen-bond acceptors (Lipinski definition) is 2. The number of carbonyl (C=O) groups is 1. The molecule has 0 aromatic heterocycles. The Labute approximate surface area is 46.6 Å². The first-order valence-corrected chi connectivity index (χ1v) is 2.47. The Kier molecular flexibility index (Phi) is 1.19. The number of esters is 1. The van der Waals surface area contributed by atoms with Gasteiger partial charge in [-0.3, -0.25) is 4.79 Å². The van der Waals surface area contributed by atoms with E-state index in [1.807, 2.05) is 0 Å². The van der Waals surface area contributed by atoms with Crippen molar-refractivity contribution in [3.63, 3.8) is 0 Å². The Bertz CT molecular complexity index is 113. The SMILES string of the molecule is COC(=O)[C@H]1C[C@@H]1F. The van der Waals surface area contributed by atoms with Gasteiger partial charge in [0.1, 0.15) is 6.17 Å². The fourth-order valence-corrected chi connectivity index (χ4v) is 0.559. The van der Waals surface area contributed by atoms with Gasteiger partial charge in [0, 0.05) is 0 Å². The van der Waals surface area contributed by atoms with Crippen molar-refractivity contribution < 1.29 is 13.9 Å². The average molecular weight is 118 g/mol. The summed E-state index contributed by atoms with van der Waals surface area (Å²) in [5.74, 6) is -0.863. The molecule has 0 N–H and O–H groups in total. The molecule has 3 heteroatoms. The van der Waals surface area contributed by atoms with Gasteiger partial charge in [0.2, 0.25) is 0 Å². The van der Waals surface area contributed by atoms with Gasteiger partial charge in [-0.1, -0.05) is 0 Å². The predicted octanol–water partition coefficient (Wildman–Crippen LogP) is 0.517. The summed E-state index contributed by atoms with van der Waals surface area (Å²) in [6.07, 6.45) is -0.574. The summed E-state index contributed by atoms with van der Waals surface area (Å²) in [4.78, 5) is 10.3. The highest BCUT2D eigenvalue weighted by Crippen LogP contribution is 2.34. The summed E-state index contributed by atoms with van der Waals surface area (Å²) in [5, 5.41) is 0. The molecule has 0 unspecified atom stereocenters. The molecule has 1 rings (SSSR count). The molecule has 0 radical (unpaired) electrons. The molecular weight excluding hydrogens is 111 g/mol. The summed E-state index contributed by atoms with van der Waals surface area (Å²) in [5.41, 5.74) is 0. The van der Waals surface area contributed by atoms with Gasteiger partial charge in [-0.15, -0.1) is 0 Å². The van der Waals surface area contributed by atoms with Crippen LogP contribution in [0.5, 0.6) is 0 Å². The van der Waals surface area contributed by atoms with Gasteiger partial charge in [0.15, 0.2) is 0 Å². The summed E-state index contributed by atoms with van der Waals surface area (Å²) < 4.78 is 16.2. The molecule has 8 heavy (non-hydrogen) atoms. The third-order valence-electron chi connectivity index (χ3n) is 1.22. The van der Waals surface area contributed by atoms with Crippen LogP contribution in [0.15, 0.2) is 0 Å². The zero-order chi connectivity index (χ0) is 6.15. The lowest BCUT2D eigenvalue weighted by Gasteiger charge is -1.90. The maximum atomic E-state index is 11.9. The van der Waals surface area contributed by atoms with Gasteiger partial charge in [0.05, 0.1) is 13.0 Å². The monoisotopic (exact) mass is 118 g/mol. The van der Waals surface area contributed by atoms with Crippen LogP contribution < -0.4 is 0 Å². The average Bonchev–Trinajstić information content (AvgIpc) is 2.45. The number of hydrogen-bond donors (Lipinski definition) is 0. The second-order valence-corrected chi connectivity index (χ2v) is 1.88. The fraction of sp³-hybridized carbons (Fsp3) is 0.800. The van der Waals surface area contributed by atoms with E-state index in [9.17, 15) is 9.18 Å². The second kappa shape index (κ2) is 1.73. The zero-order valence-electron chi connectivity index (χ0n) is 4.56. The Morgan fingerprint density at radius 2 is 2.38 bits per heavy atom. The van der Waals surface area contributed by atoms with Gasteiger partial charge >= 0.3 is 5.97 Å². The first-order valence-electron chi connectivity index (χ1n) is 2.47. The normalized spacial score (nSPS) is 34.2. The van der Waals surface area contributed by atoms with Crippen LogP contribution in [0.1, 0.15) is 6.42 Å². The van der Waals surface area contributed by atoms with E-state index in [0.29, 0.717) is 6.42 Å². The molecule has 2 atom stereocenters. The van der Waals surface area contributed by atoms with Crippen molar-refractivity contribution in [2.24, 2.45) is 5.92 Å². The zero-order valence-corrected chi connectivity index (χ0v) is 4.56. The predicted molar refractivity (Wildman–Crippen MR) is 25.0 cm³/mol. The van der Waals surface area contributed by atoms with Crippen molar-refractivity contribution in [1.82, 2.24) is 0 Å². The van der Waals surface area contributed by atoms with Crippen LogP contribution in [0.25, 0.3) is 0 Å². The molecule has 46 valence electrons. The molecule has 2 nitrogen and oxygen atoms in total. The minimum Gasteiger partial charge on any atom is -0.469 e. The number of rotatable bonds is 1. The van der Waals surface area contributed by atoms with Gasteiger partial charge in [0.25, 0.3) is 0 Å². The van der Waals surface area contributed by atoms with E-state index >= 15 is 0 Å². The number of alkyl halides is 1. The molecule has 1 saturated carbocycles. The highest BCUT2D eigenvalue weighted by molar-refractivity contribution is 5.76. The fourth-order valence-electron chi connectivity index (χ4n) is 0.559. The number of ether oxygens (including phenoxy) is 1. The van der Waals surface area contributed by atoms with Crippen molar-refractivity contribution in [3.05, 3.63) is 0 Å². The first kappa shape index (κ1) is 5.54. The van der Waals surface area contributed by atoms with E-state index in [4.69, 9.17) is 0 Å². The van der Waals surface area contributed by atoms with Gasteiger partial charge in [-0.25, -0.2) is 4.39 Å². The van der Waals surface area contributed by atoms with Crippen LogP contribution in [0.2, 0.25) is 0 Å². The van der Waals surface area contributed by atoms with Crippen LogP contribution >= 0.6 is 0 Å². The van der Waals surface area contributed by atoms with Gasteiger partial charge in [-0.05, 0) is 6.42 Å². The molecule has 0 aromatic rings. The van der Waals surface area contributed by atoms with E-state index in [2.05, 4.69) is 4.74 Å². The molecule has 0 aliphatic heterocycles. The topological polar surface area (TPSA) is 26.3 Å². The van der Waals surface area contributed by atoms with Gasteiger partial charge in [-0.2, -0.15) is 0 Å². The maximum absolute atomic E-state index is 11.9. The quantitative estimate of drug-likeness (QED) is 0.469. The lowest BCUT2D eigenvalue weighted by atomic mass is 10.4. The molecule has 0 aromatic carbocycles. The Morgan fingerprint density at radius 3 is 2.50 bits per heavy atom. The standard InChI is InChI=1S/C5H7FO2/c1-8-5(7)3-2-4(3)6/h3-4H,2H2,1H3/t3-,4-/m0/s1. The molecule has 0 saturated heterocycles. The lowest BCUT2D eigenvalue weighted by molar-refractivity contribution is -0.142. The van der Waals surface area contributed by atoms with Crippen LogP contribution in [-0.2, 0) is 9.53 Å². The number of halogens is 1. The van der Waals surface area contributed by atoms with E-state index in [0.717, 1.165) is 0 Å². The van der Waals surface area contributed by atoms with Crippen molar-refractivity contribution in [3.8, 4) is 0 Å². The Balaban J connectivity index is 2.28. The molecule has 1 aliphatic rings. The number of methoxy groups -OCH3 is 1. The molecule has 0 spiro atoms. The van der Waals surface area contributed by atoms with E-state index in [1.165, 1.54) is 7.11 Å². The molecule has 1 fully saturated rings. The minimum absolute atomic E-state index is 0.354. The van der Waals surface area contributed by atoms with E-state index in [-0.39, 0.29) is 0 Å². The molecule has 0 heterocycles. The smallest absolute Gasteiger partial charge is 0.311 e. The number of carbonyl (C=O) groups excluding carboxylic acids is 1. The van der Waals surface area contributed by atoms with Crippen molar-refractivity contribution in [2.75, 3.05) is 7.11 Å². The Hall–Kier alpha value is -0.600. The third-order valence-corrected chi connectivity index (χ3v) is 1.22. The van der Waals surface area contributed by atoms with Crippen LogP contribution in [0, 0.1) is 5.92 Å². The molecule has 0 bridgehead atoms. The maximum Gasteiger partial charge on any atom is 0.311 e. The second-order valence-electron chi connectivity index (χ2n) is 1.88. The summed E-state index contributed by atoms with van der Waals surface area (Å²) in [6.45, 7) is 0. The Morgan fingerprint density at radius 1 is 1.88 bits per heavy atom.